The van der Waals surface area contributed by atoms with E-state index in [2.05, 4.69) is 22.3 Å². The number of benzene rings is 3. The maximum atomic E-state index is 12.8. The van der Waals surface area contributed by atoms with E-state index in [4.69, 9.17) is 9.47 Å². The fourth-order valence-corrected chi connectivity index (χ4v) is 5.28. The first kappa shape index (κ1) is 27.6. The number of carbonyl (C=O) groups excluding carboxylic acids is 1. The molecule has 3 aromatic carbocycles. The Kier molecular flexibility index (Phi) is 9.38. The van der Waals surface area contributed by atoms with Gasteiger partial charge in [-0.2, -0.15) is 0 Å². The van der Waals surface area contributed by atoms with Crippen LogP contribution in [0.5, 0.6) is 5.75 Å². The highest BCUT2D eigenvalue weighted by molar-refractivity contribution is 7.92. The Labute approximate surface area is 225 Å². The van der Waals surface area contributed by atoms with Gasteiger partial charge in [0.1, 0.15) is 5.75 Å². The number of para-hydroxylation sites is 2. The van der Waals surface area contributed by atoms with Crippen LogP contribution in [0.3, 0.4) is 0 Å². The molecule has 0 radical (unpaired) electrons. The van der Waals surface area contributed by atoms with Gasteiger partial charge in [-0.15, -0.1) is 0 Å². The Hall–Kier alpha value is -3.40. The van der Waals surface area contributed by atoms with Gasteiger partial charge in [0.05, 0.1) is 38.3 Å². The molecule has 0 bridgehead atoms. The van der Waals surface area contributed by atoms with E-state index in [0.29, 0.717) is 30.2 Å². The minimum Gasteiger partial charge on any atom is -0.492 e. The number of rotatable bonds is 11. The van der Waals surface area contributed by atoms with Crippen molar-refractivity contribution in [1.29, 1.82) is 0 Å². The van der Waals surface area contributed by atoms with Crippen LogP contribution in [0.1, 0.15) is 34.0 Å². The zero-order valence-electron chi connectivity index (χ0n) is 21.9. The lowest BCUT2D eigenvalue weighted by Gasteiger charge is -2.26. The van der Waals surface area contributed by atoms with Gasteiger partial charge in [-0.05, 0) is 47.9 Å². The van der Waals surface area contributed by atoms with Crippen molar-refractivity contribution in [2.45, 2.75) is 26.6 Å². The zero-order valence-corrected chi connectivity index (χ0v) is 22.7. The van der Waals surface area contributed by atoms with Crippen molar-refractivity contribution < 1.29 is 22.7 Å². The SMILES string of the molecule is CCOc1ccccc1N(Cc1ccc(C(=O)NCc2cccc(CN3CCOCC3)c2)cc1)S(C)(=O)=O. The smallest absolute Gasteiger partial charge is 0.251 e. The van der Waals surface area contributed by atoms with Crippen LogP contribution < -0.4 is 14.4 Å². The number of hydrogen-bond acceptors (Lipinski definition) is 6. The minimum atomic E-state index is -3.57. The van der Waals surface area contributed by atoms with Crippen LogP contribution in [0.2, 0.25) is 0 Å². The van der Waals surface area contributed by atoms with Gasteiger partial charge in [0, 0.05) is 31.7 Å². The van der Waals surface area contributed by atoms with Crippen molar-refractivity contribution >= 4 is 21.6 Å². The second-order valence-electron chi connectivity index (χ2n) is 9.26. The van der Waals surface area contributed by atoms with Crippen LogP contribution in [0, 0.1) is 0 Å². The number of anilines is 1. The van der Waals surface area contributed by atoms with Crippen LogP contribution in [0.4, 0.5) is 5.69 Å². The van der Waals surface area contributed by atoms with Crippen LogP contribution >= 0.6 is 0 Å². The Morgan fingerprint density at radius 2 is 1.68 bits per heavy atom. The van der Waals surface area contributed by atoms with E-state index in [-0.39, 0.29) is 12.5 Å². The highest BCUT2D eigenvalue weighted by Crippen LogP contribution is 2.31. The molecule has 4 rings (SSSR count). The first-order valence-electron chi connectivity index (χ1n) is 12.8. The Morgan fingerprint density at radius 1 is 0.974 bits per heavy atom. The monoisotopic (exact) mass is 537 g/mol. The minimum absolute atomic E-state index is 0.126. The molecule has 1 heterocycles. The molecule has 0 saturated carbocycles. The largest absolute Gasteiger partial charge is 0.492 e. The molecule has 0 aliphatic carbocycles. The number of sulfonamides is 1. The third kappa shape index (κ3) is 7.56. The van der Waals surface area contributed by atoms with Crippen molar-refractivity contribution in [3.05, 3.63) is 95.1 Å². The van der Waals surface area contributed by atoms with Gasteiger partial charge in [0.25, 0.3) is 5.91 Å². The molecular formula is C29H35N3O5S. The van der Waals surface area contributed by atoms with E-state index in [1.54, 1.807) is 42.5 Å². The quantitative estimate of drug-likeness (QED) is 0.400. The molecule has 38 heavy (non-hydrogen) atoms. The lowest BCUT2D eigenvalue weighted by Crippen LogP contribution is -2.35. The van der Waals surface area contributed by atoms with Gasteiger partial charge in [-0.25, -0.2) is 8.42 Å². The fraction of sp³-hybridized carbons (Fsp3) is 0.345. The fourth-order valence-electron chi connectivity index (χ4n) is 4.39. The first-order valence-corrected chi connectivity index (χ1v) is 14.6. The molecule has 3 aromatic rings. The molecule has 0 aromatic heterocycles. The number of ether oxygens (including phenoxy) is 2. The normalized spacial score (nSPS) is 14.2. The number of carbonyl (C=O) groups is 1. The van der Waals surface area contributed by atoms with Crippen molar-refractivity contribution in [3.8, 4) is 5.75 Å². The zero-order chi connectivity index (χ0) is 27.0. The summed E-state index contributed by atoms with van der Waals surface area (Å²) in [5.41, 5.74) is 4.00. The van der Waals surface area contributed by atoms with E-state index in [9.17, 15) is 13.2 Å². The van der Waals surface area contributed by atoms with Crippen molar-refractivity contribution in [2.75, 3.05) is 43.5 Å². The highest BCUT2D eigenvalue weighted by Gasteiger charge is 2.21. The summed E-state index contributed by atoms with van der Waals surface area (Å²) in [7, 11) is -3.57. The molecule has 1 N–H and O–H groups in total. The van der Waals surface area contributed by atoms with E-state index in [1.165, 1.54) is 16.1 Å². The molecular weight excluding hydrogens is 502 g/mol. The second-order valence-corrected chi connectivity index (χ2v) is 11.2. The Bertz CT molecular complexity index is 1320. The lowest BCUT2D eigenvalue weighted by molar-refractivity contribution is 0.0342. The summed E-state index contributed by atoms with van der Waals surface area (Å²) in [5, 5.41) is 2.98. The van der Waals surface area contributed by atoms with E-state index in [1.807, 2.05) is 25.1 Å². The highest BCUT2D eigenvalue weighted by atomic mass is 32.2. The molecule has 1 aliphatic heterocycles. The maximum absolute atomic E-state index is 12.8. The maximum Gasteiger partial charge on any atom is 0.251 e. The van der Waals surface area contributed by atoms with Gasteiger partial charge >= 0.3 is 0 Å². The van der Waals surface area contributed by atoms with Gasteiger partial charge in [-0.3, -0.25) is 14.0 Å². The van der Waals surface area contributed by atoms with Crippen LogP contribution in [0.25, 0.3) is 0 Å². The molecule has 1 saturated heterocycles. The summed E-state index contributed by atoms with van der Waals surface area (Å²) < 4.78 is 37.6. The molecule has 0 atom stereocenters. The molecule has 9 heteroatoms. The Balaban J connectivity index is 1.38. The third-order valence-electron chi connectivity index (χ3n) is 6.33. The molecule has 1 aliphatic rings. The van der Waals surface area contributed by atoms with Crippen molar-refractivity contribution in [2.24, 2.45) is 0 Å². The van der Waals surface area contributed by atoms with Gasteiger partial charge in [0.2, 0.25) is 10.0 Å². The molecule has 0 unspecified atom stereocenters. The summed E-state index contributed by atoms with van der Waals surface area (Å²) in [5.74, 6) is 0.322. The predicted octanol–water partition coefficient (Wildman–Crippen LogP) is 3.81. The third-order valence-corrected chi connectivity index (χ3v) is 7.46. The average Bonchev–Trinajstić information content (AvgIpc) is 2.91. The standard InChI is InChI=1S/C29H35N3O5S/c1-3-37-28-10-5-4-9-27(28)32(38(2,34)35)22-23-11-13-26(14-12-23)29(33)30-20-24-7-6-8-25(19-24)21-31-15-17-36-18-16-31/h4-14,19H,3,15-18,20-22H2,1-2H3,(H,30,33). The molecule has 1 fully saturated rings. The number of hydrogen-bond donors (Lipinski definition) is 1. The van der Waals surface area contributed by atoms with Gasteiger partial charge < -0.3 is 14.8 Å². The lowest BCUT2D eigenvalue weighted by atomic mass is 10.1. The molecule has 8 nitrogen and oxygen atoms in total. The van der Waals surface area contributed by atoms with Crippen molar-refractivity contribution in [1.82, 2.24) is 10.2 Å². The van der Waals surface area contributed by atoms with Crippen LogP contribution in [-0.4, -0.2) is 58.4 Å². The predicted molar refractivity (Wildman–Crippen MR) is 149 cm³/mol. The summed E-state index contributed by atoms with van der Waals surface area (Å²) in [4.78, 5) is 15.2. The number of nitrogens with zero attached hydrogens (tertiary/aromatic N) is 2. The Morgan fingerprint density at radius 3 is 2.39 bits per heavy atom. The summed E-state index contributed by atoms with van der Waals surface area (Å²) in [6.45, 7) is 7.09. The van der Waals surface area contributed by atoms with Crippen LogP contribution in [0.15, 0.2) is 72.8 Å². The second kappa shape index (κ2) is 12.9. The average molecular weight is 538 g/mol. The molecule has 1 amide bonds. The summed E-state index contributed by atoms with van der Waals surface area (Å²) in [6.07, 6.45) is 1.17. The summed E-state index contributed by atoms with van der Waals surface area (Å²) >= 11 is 0. The van der Waals surface area contributed by atoms with E-state index in [0.717, 1.165) is 44.0 Å². The van der Waals surface area contributed by atoms with Gasteiger partial charge in [0.15, 0.2) is 0 Å². The number of nitrogens with one attached hydrogen (secondary N) is 1. The van der Waals surface area contributed by atoms with Crippen LogP contribution in [-0.2, 0) is 34.4 Å². The van der Waals surface area contributed by atoms with Crippen molar-refractivity contribution in [3.63, 3.8) is 0 Å². The molecule has 202 valence electrons. The number of amides is 1. The van der Waals surface area contributed by atoms with E-state index < -0.39 is 10.0 Å². The van der Waals surface area contributed by atoms with E-state index >= 15 is 0 Å². The first-order chi connectivity index (χ1) is 18.3. The summed E-state index contributed by atoms with van der Waals surface area (Å²) in [6, 6.07) is 22.3. The number of morpholine rings is 1. The molecule has 0 spiro atoms. The van der Waals surface area contributed by atoms with Gasteiger partial charge in [-0.1, -0.05) is 48.5 Å². The topological polar surface area (TPSA) is 88.2 Å².